The summed E-state index contributed by atoms with van der Waals surface area (Å²) in [6.45, 7) is 5.58. The number of nitrogens with one attached hydrogen (secondary N) is 1. The van der Waals surface area contributed by atoms with Crippen LogP contribution in [0.4, 0.5) is 5.69 Å². The van der Waals surface area contributed by atoms with Gasteiger partial charge < -0.3 is 15.6 Å². The molecule has 2 aromatic rings. The summed E-state index contributed by atoms with van der Waals surface area (Å²) in [5, 5.41) is 11.5. The number of hydrogen-bond acceptors (Lipinski definition) is 4. The van der Waals surface area contributed by atoms with Gasteiger partial charge in [-0.15, -0.1) is 0 Å². The fourth-order valence-electron chi connectivity index (χ4n) is 2.20. The van der Waals surface area contributed by atoms with E-state index in [0.29, 0.717) is 10.5 Å². The molecular formula is C17H18N3NaO2S2. The Morgan fingerprint density at radius 2 is 1.68 bits per heavy atom. The Labute approximate surface area is 178 Å². The summed E-state index contributed by atoms with van der Waals surface area (Å²) in [6, 6.07) is 12.6. The molecule has 0 bridgehead atoms. The van der Waals surface area contributed by atoms with E-state index in [9.17, 15) is 8.76 Å². The van der Waals surface area contributed by atoms with Crippen molar-refractivity contribution in [2.75, 3.05) is 5.32 Å². The number of nitriles is 1. The summed E-state index contributed by atoms with van der Waals surface area (Å²) in [7, 11) is 0. The molecule has 8 heteroatoms. The third-order valence-corrected chi connectivity index (χ3v) is 4.13. The first-order valence-corrected chi connectivity index (χ1v) is 8.46. The van der Waals surface area contributed by atoms with Gasteiger partial charge in [0.1, 0.15) is 0 Å². The maximum atomic E-state index is 10.8. The van der Waals surface area contributed by atoms with Gasteiger partial charge in [0.15, 0.2) is 5.11 Å². The first kappa shape index (κ1) is 23.7. The van der Waals surface area contributed by atoms with E-state index < -0.39 is 11.1 Å². The Morgan fingerprint density at radius 1 is 1.20 bits per heavy atom. The van der Waals surface area contributed by atoms with E-state index in [1.807, 2.05) is 39.0 Å². The van der Waals surface area contributed by atoms with Crippen molar-refractivity contribution >= 4 is 34.1 Å². The normalized spacial score (nSPS) is 10.4. The van der Waals surface area contributed by atoms with Gasteiger partial charge in [-0.3, -0.25) is 4.21 Å². The van der Waals surface area contributed by atoms with E-state index >= 15 is 0 Å². The largest absolute Gasteiger partial charge is 1.00 e. The number of aryl methyl sites for hydroxylation is 3. The Hall–Kier alpha value is -1.27. The fraction of sp³-hybridized carbons (Fsp3) is 0.176. The molecule has 126 valence electrons. The predicted molar refractivity (Wildman–Crippen MR) is 99.4 cm³/mol. The van der Waals surface area contributed by atoms with Crippen LogP contribution in [0.25, 0.3) is 0 Å². The summed E-state index contributed by atoms with van der Waals surface area (Å²) < 4.78 is 21.5. The Kier molecular flexibility index (Phi) is 10.8. The molecule has 0 saturated heterocycles. The zero-order chi connectivity index (χ0) is 18.3. The molecule has 0 amide bonds. The van der Waals surface area contributed by atoms with Crippen LogP contribution in [0.5, 0.6) is 0 Å². The van der Waals surface area contributed by atoms with Gasteiger partial charge in [0, 0.05) is 10.6 Å². The Balaban J connectivity index is 0.000000443. The third kappa shape index (κ3) is 8.10. The average Bonchev–Trinajstić information content (AvgIpc) is 2.46. The molecule has 0 spiro atoms. The molecule has 0 aliphatic carbocycles. The maximum Gasteiger partial charge on any atom is 1.00 e. The molecule has 25 heavy (non-hydrogen) atoms. The zero-order valence-electron chi connectivity index (χ0n) is 14.6. The number of nitrogens with two attached hydrogens (primary N) is 1. The predicted octanol–water partition coefficient (Wildman–Crippen LogP) is 0.0676. The molecule has 0 heterocycles. The number of nitrogens with zero attached hydrogens (tertiary/aromatic N) is 1. The molecule has 3 N–H and O–H groups in total. The standard InChI is InChI=1S/C9H12O2S.C8H7N3S.Na/c1-6-4-7(2)9(12(10)11)8(3)5-6;9-5-6-1-3-7(4-2-6)11-8(10)12;/h4-5H,1-3H3,(H,10,11);1-4H,(H3,10,11,12);/q;;+1/p-1. The van der Waals surface area contributed by atoms with Gasteiger partial charge in [-0.25, -0.2) is 0 Å². The van der Waals surface area contributed by atoms with Crippen molar-refractivity contribution in [1.82, 2.24) is 0 Å². The molecule has 2 aromatic carbocycles. The summed E-state index contributed by atoms with van der Waals surface area (Å²) >= 11 is 2.53. The number of anilines is 1. The van der Waals surface area contributed by atoms with Gasteiger partial charge in [0.2, 0.25) is 0 Å². The summed E-state index contributed by atoms with van der Waals surface area (Å²) in [6.07, 6.45) is 0. The van der Waals surface area contributed by atoms with E-state index in [1.54, 1.807) is 24.3 Å². The first-order valence-electron chi connectivity index (χ1n) is 6.98. The van der Waals surface area contributed by atoms with Crippen LogP contribution in [-0.4, -0.2) is 13.9 Å². The van der Waals surface area contributed by atoms with Crippen molar-refractivity contribution < 1.29 is 38.3 Å². The van der Waals surface area contributed by atoms with Crippen LogP contribution in [0.2, 0.25) is 0 Å². The molecule has 0 saturated carbocycles. The zero-order valence-corrected chi connectivity index (χ0v) is 18.3. The molecular weight excluding hydrogens is 365 g/mol. The van der Waals surface area contributed by atoms with E-state index in [1.165, 1.54) is 0 Å². The first-order chi connectivity index (χ1) is 11.2. The number of rotatable bonds is 2. The van der Waals surface area contributed by atoms with Gasteiger partial charge in [0.05, 0.1) is 11.6 Å². The fourth-order valence-corrected chi connectivity index (χ4v) is 2.96. The van der Waals surface area contributed by atoms with E-state index in [-0.39, 0.29) is 34.7 Å². The third-order valence-electron chi connectivity index (χ3n) is 3.05. The minimum absolute atomic E-state index is 0. The molecule has 1 unspecified atom stereocenters. The van der Waals surface area contributed by atoms with Crippen molar-refractivity contribution in [2.24, 2.45) is 5.73 Å². The molecule has 0 aromatic heterocycles. The summed E-state index contributed by atoms with van der Waals surface area (Å²) in [4.78, 5) is 0.431. The van der Waals surface area contributed by atoms with Gasteiger partial charge >= 0.3 is 29.6 Å². The number of hydrogen-bond donors (Lipinski definition) is 2. The Morgan fingerprint density at radius 3 is 2.04 bits per heavy atom. The molecule has 2 rings (SSSR count). The van der Waals surface area contributed by atoms with Gasteiger partial charge in [-0.1, -0.05) is 17.7 Å². The van der Waals surface area contributed by atoms with Crippen LogP contribution in [-0.2, 0) is 11.1 Å². The molecule has 0 aliphatic rings. The van der Waals surface area contributed by atoms with E-state index in [4.69, 9.17) is 11.0 Å². The molecule has 5 nitrogen and oxygen atoms in total. The second-order valence-electron chi connectivity index (χ2n) is 5.14. The minimum Gasteiger partial charge on any atom is -0.768 e. The Bertz CT molecular complexity index is 780. The number of thiocarbonyl (C=S) groups is 1. The number of benzene rings is 2. The van der Waals surface area contributed by atoms with Gasteiger partial charge in [-0.05, 0) is 79.5 Å². The SMILES string of the molecule is Cc1cc(C)c(S(=O)[O-])c(C)c1.N#Cc1ccc(NC(N)=S)cc1.[Na+]. The van der Waals surface area contributed by atoms with Crippen LogP contribution in [0.15, 0.2) is 41.3 Å². The van der Waals surface area contributed by atoms with Crippen LogP contribution >= 0.6 is 12.2 Å². The maximum absolute atomic E-state index is 10.8. The molecule has 0 fully saturated rings. The van der Waals surface area contributed by atoms with Gasteiger partial charge in [-0.2, -0.15) is 5.26 Å². The van der Waals surface area contributed by atoms with Crippen molar-refractivity contribution in [3.63, 3.8) is 0 Å². The van der Waals surface area contributed by atoms with Crippen LogP contribution in [0.3, 0.4) is 0 Å². The minimum atomic E-state index is -2.11. The average molecular weight is 383 g/mol. The summed E-state index contributed by atoms with van der Waals surface area (Å²) in [5.74, 6) is 0. The van der Waals surface area contributed by atoms with Crippen LogP contribution in [0, 0.1) is 32.1 Å². The molecule has 0 radical (unpaired) electrons. The van der Waals surface area contributed by atoms with Crippen molar-refractivity contribution in [3.05, 3.63) is 58.7 Å². The van der Waals surface area contributed by atoms with Gasteiger partial charge in [0.25, 0.3) is 0 Å². The van der Waals surface area contributed by atoms with Crippen molar-refractivity contribution in [1.29, 1.82) is 5.26 Å². The second kappa shape index (κ2) is 11.4. The molecule has 0 aliphatic heterocycles. The van der Waals surface area contributed by atoms with Crippen LogP contribution < -0.4 is 40.6 Å². The van der Waals surface area contributed by atoms with Crippen molar-refractivity contribution in [3.8, 4) is 6.07 Å². The van der Waals surface area contributed by atoms with Crippen molar-refractivity contribution in [2.45, 2.75) is 25.7 Å². The smallest absolute Gasteiger partial charge is 0.768 e. The monoisotopic (exact) mass is 383 g/mol. The topological polar surface area (TPSA) is 102 Å². The van der Waals surface area contributed by atoms with Crippen LogP contribution in [0.1, 0.15) is 22.3 Å². The van der Waals surface area contributed by atoms with E-state index in [0.717, 1.165) is 22.4 Å². The second-order valence-corrected chi connectivity index (χ2v) is 6.46. The molecule has 1 atom stereocenters. The van der Waals surface area contributed by atoms with E-state index in [2.05, 4.69) is 17.5 Å². The summed E-state index contributed by atoms with van der Waals surface area (Å²) in [5.41, 5.74) is 9.39. The quantitative estimate of drug-likeness (QED) is 0.432.